The van der Waals surface area contributed by atoms with E-state index < -0.39 is 48.5 Å². The van der Waals surface area contributed by atoms with Crippen LogP contribution in [-0.2, 0) is 20.2 Å². The molecule has 2 aromatic rings. The first-order valence-electron chi connectivity index (χ1n) is 6.72. The predicted octanol–water partition coefficient (Wildman–Crippen LogP) is -0.196. The third-order valence-corrected chi connectivity index (χ3v) is 4.97. The number of phenolic OH excluding ortho intramolecular Hbond substituents is 1. The van der Waals surface area contributed by atoms with Gasteiger partial charge in [-0.25, -0.2) is 0 Å². The van der Waals surface area contributed by atoms with E-state index in [4.69, 9.17) is 9.66 Å². The van der Waals surface area contributed by atoms with Crippen LogP contribution < -0.4 is 5.32 Å². The number of aromatic hydroxyl groups is 1. The van der Waals surface area contributed by atoms with Crippen molar-refractivity contribution in [2.45, 2.75) is 15.9 Å². The molecule has 0 saturated heterocycles. The molecule has 2 aromatic carbocycles. The van der Waals surface area contributed by atoms with Gasteiger partial charge >= 0.3 is 0 Å². The molecule has 138 valence electrons. The van der Waals surface area contributed by atoms with E-state index in [2.05, 4.69) is 5.32 Å². The molecule has 0 fully saturated rings. The van der Waals surface area contributed by atoms with Crippen LogP contribution >= 0.6 is 0 Å². The maximum absolute atomic E-state index is 11.4. The van der Waals surface area contributed by atoms with Gasteiger partial charge in [-0.3, -0.25) is 9.11 Å². The average molecular weight is 393 g/mol. The summed E-state index contributed by atoms with van der Waals surface area (Å²) in [6.07, 6.45) is -1.19. The first-order chi connectivity index (χ1) is 11.4. The highest BCUT2D eigenvalue weighted by atomic mass is 32.2. The van der Waals surface area contributed by atoms with Crippen LogP contribution in [0.4, 0.5) is 5.69 Å². The number of phenols is 1. The van der Waals surface area contributed by atoms with E-state index in [9.17, 15) is 31.6 Å². The number of rotatable bonds is 6. The van der Waals surface area contributed by atoms with E-state index >= 15 is 0 Å². The van der Waals surface area contributed by atoms with Crippen LogP contribution in [0.3, 0.4) is 0 Å². The number of fused-ring (bicyclic) bond motifs is 1. The van der Waals surface area contributed by atoms with Gasteiger partial charge in [-0.05, 0) is 23.6 Å². The quantitative estimate of drug-likeness (QED) is 0.360. The zero-order chi connectivity index (χ0) is 19.0. The van der Waals surface area contributed by atoms with Crippen molar-refractivity contribution in [3.63, 3.8) is 0 Å². The van der Waals surface area contributed by atoms with E-state index in [1.165, 1.54) is 0 Å². The first-order valence-corrected chi connectivity index (χ1v) is 9.60. The minimum atomic E-state index is -4.67. The van der Waals surface area contributed by atoms with Crippen LogP contribution in [-0.4, -0.2) is 60.5 Å². The Morgan fingerprint density at radius 3 is 1.96 bits per heavy atom. The molecule has 0 saturated carbocycles. The maximum Gasteiger partial charge on any atom is 0.294 e. The lowest BCUT2D eigenvalue weighted by Gasteiger charge is -2.15. The predicted molar refractivity (Wildman–Crippen MR) is 86.8 cm³/mol. The molecule has 1 atom stereocenters. The molecule has 6 N–H and O–H groups in total. The van der Waals surface area contributed by atoms with E-state index in [0.29, 0.717) is 0 Å². The fourth-order valence-corrected chi connectivity index (χ4v) is 3.25. The third kappa shape index (κ3) is 4.36. The van der Waals surface area contributed by atoms with Gasteiger partial charge in [0.25, 0.3) is 20.2 Å². The number of aliphatic hydroxyl groups excluding tert-OH is 2. The van der Waals surface area contributed by atoms with Gasteiger partial charge in [0, 0.05) is 23.7 Å². The van der Waals surface area contributed by atoms with Gasteiger partial charge in [-0.15, -0.1) is 0 Å². The Morgan fingerprint density at radius 1 is 0.960 bits per heavy atom. The first kappa shape index (κ1) is 19.4. The Morgan fingerprint density at radius 2 is 1.48 bits per heavy atom. The van der Waals surface area contributed by atoms with Gasteiger partial charge < -0.3 is 20.6 Å². The summed E-state index contributed by atoms with van der Waals surface area (Å²) in [7, 11) is -9.34. The third-order valence-electron chi connectivity index (χ3n) is 3.31. The van der Waals surface area contributed by atoms with Crippen molar-refractivity contribution >= 4 is 36.7 Å². The van der Waals surface area contributed by atoms with Crippen molar-refractivity contribution < 1.29 is 41.3 Å². The van der Waals surface area contributed by atoms with Crippen LogP contribution in [0.2, 0.25) is 0 Å². The lowest BCUT2D eigenvalue weighted by atomic mass is 10.1. The normalized spacial score (nSPS) is 13.8. The molecule has 0 aliphatic carbocycles. The van der Waals surface area contributed by atoms with Crippen molar-refractivity contribution in [2.24, 2.45) is 0 Å². The molecule has 12 heteroatoms. The molecule has 1 unspecified atom stereocenters. The summed E-state index contributed by atoms with van der Waals surface area (Å²) < 4.78 is 63.6. The van der Waals surface area contributed by atoms with Crippen molar-refractivity contribution in [2.75, 3.05) is 18.5 Å². The molecule has 0 amide bonds. The van der Waals surface area contributed by atoms with Gasteiger partial charge in [-0.2, -0.15) is 16.8 Å². The van der Waals surface area contributed by atoms with E-state index in [0.717, 1.165) is 24.3 Å². The smallest absolute Gasteiger partial charge is 0.294 e. The van der Waals surface area contributed by atoms with Crippen molar-refractivity contribution in [1.29, 1.82) is 0 Å². The largest absolute Gasteiger partial charge is 0.507 e. The van der Waals surface area contributed by atoms with Gasteiger partial charge in [0.2, 0.25) is 0 Å². The SMILES string of the molecule is O=S(=O)(O)c1cc(O)c2c(NCC(O)CO)cc(S(=O)(=O)O)cc2c1. The number of anilines is 1. The average Bonchev–Trinajstić information content (AvgIpc) is 2.49. The molecular formula is C13H15NO9S2. The highest BCUT2D eigenvalue weighted by Gasteiger charge is 2.19. The fourth-order valence-electron chi connectivity index (χ4n) is 2.17. The van der Waals surface area contributed by atoms with Gasteiger partial charge in [-0.1, -0.05) is 0 Å². The standard InChI is InChI=1S/C13H15NO9S2/c15-6-8(16)5-14-11-3-9(24(18,19)20)1-7-2-10(25(21,22)23)4-12(17)13(7)11/h1-4,8,14-17H,5-6H2,(H,18,19,20)(H,21,22,23). The lowest BCUT2D eigenvalue weighted by molar-refractivity contribution is 0.105. The Kier molecular flexibility index (Phi) is 5.22. The van der Waals surface area contributed by atoms with Crippen LogP contribution in [0.5, 0.6) is 5.75 Å². The minimum Gasteiger partial charge on any atom is -0.507 e. The summed E-state index contributed by atoms with van der Waals surface area (Å²) in [6, 6.07) is 3.55. The maximum atomic E-state index is 11.4. The van der Waals surface area contributed by atoms with Gasteiger partial charge in [0.15, 0.2) is 0 Å². The molecule has 25 heavy (non-hydrogen) atoms. The zero-order valence-corrected chi connectivity index (χ0v) is 14.1. The van der Waals surface area contributed by atoms with Crippen molar-refractivity contribution in [3.8, 4) is 5.75 Å². The molecule has 0 aromatic heterocycles. The van der Waals surface area contributed by atoms with E-state index in [1.807, 2.05) is 0 Å². The van der Waals surface area contributed by atoms with E-state index in [-0.39, 0.29) is 23.0 Å². The number of aliphatic hydroxyl groups is 2. The van der Waals surface area contributed by atoms with Crippen LogP contribution in [0.25, 0.3) is 10.8 Å². The van der Waals surface area contributed by atoms with Crippen LogP contribution in [0.15, 0.2) is 34.1 Å². The topological polar surface area (TPSA) is 181 Å². The van der Waals surface area contributed by atoms with Gasteiger partial charge in [0.1, 0.15) is 5.75 Å². The molecule has 0 radical (unpaired) electrons. The Labute approximate surface area is 142 Å². The molecule has 0 spiro atoms. The van der Waals surface area contributed by atoms with Crippen molar-refractivity contribution in [3.05, 3.63) is 24.3 Å². The van der Waals surface area contributed by atoms with E-state index in [1.54, 1.807) is 0 Å². The monoisotopic (exact) mass is 393 g/mol. The molecule has 10 nitrogen and oxygen atoms in total. The lowest BCUT2D eigenvalue weighted by Crippen LogP contribution is -2.23. The van der Waals surface area contributed by atoms with Crippen LogP contribution in [0.1, 0.15) is 0 Å². The minimum absolute atomic E-state index is 0.00932. The molecular weight excluding hydrogens is 378 g/mol. The summed E-state index contributed by atoms with van der Waals surface area (Å²) in [5, 5.41) is 30.8. The summed E-state index contributed by atoms with van der Waals surface area (Å²) >= 11 is 0. The second-order valence-corrected chi connectivity index (χ2v) is 8.02. The Bertz CT molecular complexity index is 1010. The highest BCUT2D eigenvalue weighted by molar-refractivity contribution is 7.86. The summed E-state index contributed by atoms with van der Waals surface area (Å²) in [5.74, 6) is -0.590. The molecule has 0 aliphatic heterocycles. The molecule has 0 heterocycles. The summed E-state index contributed by atoms with van der Waals surface area (Å²) in [4.78, 5) is -1.28. The van der Waals surface area contributed by atoms with Gasteiger partial charge in [0.05, 0.1) is 22.5 Å². The number of nitrogens with one attached hydrogen (secondary N) is 1. The summed E-state index contributed by atoms with van der Waals surface area (Å²) in [5.41, 5.74) is -0.0444. The fraction of sp³-hybridized carbons (Fsp3) is 0.231. The molecule has 0 bridgehead atoms. The molecule has 2 rings (SSSR count). The zero-order valence-electron chi connectivity index (χ0n) is 12.5. The number of hydrogen-bond acceptors (Lipinski definition) is 8. The van der Waals surface area contributed by atoms with Crippen LogP contribution in [0, 0.1) is 0 Å². The Balaban J connectivity index is 2.76. The summed E-state index contributed by atoms with van der Waals surface area (Å²) in [6.45, 7) is -0.804. The highest BCUT2D eigenvalue weighted by Crippen LogP contribution is 2.36. The number of hydrogen-bond donors (Lipinski definition) is 6. The second-order valence-electron chi connectivity index (χ2n) is 5.18. The second kappa shape index (κ2) is 6.74. The Hall–Kier alpha value is -1.96. The molecule has 0 aliphatic rings. The van der Waals surface area contributed by atoms with Crippen molar-refractivity contribution in [1.82, 2.24) is 0 Å². The number of benzene rings is 2.